The minimum Gasteiger partial charge on any atom is -0.372 e. The van der Waals surface area contributed by atoms with Crippen molar-refractivity contribution in [2.75, 3.05) is 29.9 Å². The third-order valence-electron chi connectivity index (χ3n) is 6.44. The van der Waals surface area contributed by atoms with Crippen LogP contribution in [0.2, 0.25) is 0 Å². The number of rotatable bonds is 5. The van der Waals surface area contributed by atoms with Crippen LogP contribution < -0.4 is 10.2 Å². The topological polar surface area (TPSA) is 44.3 Å². The quantitative estimate of drug-likeness (QED) is 0.626. The van der Waals surface area contributed by atoms with Gasteiger partial charge in [0.2, 0.25) is 0 Å². The van der Waals surface area contributed by atoms with Crippen LogP contribution in [-0.4, -0.2) is 34.5 Å². The molecule has 2 aliphatic rings. The van der Waals surface area contributed by atoms with Crippen molar-refractivity contribution in [1.29, 1.82) is 0 Å². The molecule has 31 heavy (non-hydrogen) atoms. The molecule has 0 spiro atoms. The highest BCUT2D eigenvalue weighted by atomic mass is 15.1. The number of nitrogens with zero attached hydrogens (tertiary/aromatic N) is 4. The first kappa shape index (κ1) is 20.0. The van der Waals surface area contributed by atoms with Gasteiger partial charge in [0, 0.05) is 49.7 Å². The predicted molar refractivity (Wildman–Crippen MR) is 127 cm³/mol. The monoisotopic (exact) mass is 413 g/mol. The Bertz CT molecular complexity index is 978. The smallest absolute Gasteiger partial charge is 0.137 e. The average Bonchev–Trinajstić information content (AvgIpc) is 3.10. The fourth-order valence-corrected chi connectivity index (χ4v) is 4.71. The van der Waals surface area contributed by atoms with Gasteiger partial charge in [-0.25, -0.2) is 9.97 Å². The molecule has 1 aromatic heterocycles. The highest BCUT2D eigenvalue weighted by Crippen LogP contribution is 2.28. The number of benzene rings is 2. The second-order valence-corrected chi connectivity index (χ2v) is 8.67. The van der Waals surface area contributed by atoms with Crippen LogP contribution in [0.3, 0.4) is 0 Å². The van der Waals surface area contributed by atoms with Gasteiger partial charge in [-0.3, -0.25) is 4.90 Å². The molecule has 2 aromatic carbocycles. The Morgan fingerprint density at radius 1 is 0.806 bits per heavy atom. The van der Waals surface area contributed by atoms with Gasteiger partial charge >= 0.3 is 0 Å². The molecule has 0 amide bonds. The summed E-state index contributed by atoms with van der Waals surface area (Å²) < 4.78 is 0. The van der Waals surface area contributed by atoms with Crippen LogP contribution in [0, 0.1) is 0 Å². The summed E-state index contributed by atoms with van der Waals surface area (Å²) in [6.45, 7) is 5.20. The van der Waals surface area contributed by atoms with Crippen LogP contribution >= 0.6 is 0 Å². The predicted octanol–water partition coefficient (Wildman–Crippen LogP) is 5.16. The number of nitrogens with one attached hydrogen (secondary N) is 1. The summed E-state index contributed by atoms with van der Waals surface area (Å²) in [5.41, 5.74) is 6.16. The number of aromatic nitrogens is 2. The summed E-state index contributed by atoms with van der Waals surface area (Å²) in [6.07, 6.45) is 7.98. The van der Waals surface area contributed by atoms with E-state index in [2.05, 4.69) is 79.7 Å². The zero-order valence-electron chi connectivity index (χ0n) is 18.1. The first-order valence-electron chi connectivity index (χ1n) is 11.6. The Kier molecular flexibility index (Phi) is 6.12. The summed E-state index contributed by atoms with van der Waals surface area (Å²) in [5, 5.41) is 3.55. The lowest BCUT2D eigenvalue weighted by molar-refractivity contribution is 0.241. The van der Waals surface area contributed by atoms with Crippen molar-refractivity contribution in [3.63, 3.8) is 0 Å². The van der Waals surface area contributed by atoms with Crippen molar-refractivity contribution in [3.05, 3.63) is 77.7 Å². The molecule has 0 atom stereocenters. The van der Waals surface area contributed by atoms with Crippen molar-refractivity contribution in [2.45, 2.75) is 45.2 Å². The molecule has 0 unspecified atom stereocenters. The molecule has 2 aliphatic heterocycles. The third-order valence-corrected chi connectivity index (χ3v) is 6.44. The Morgan fingerprint density at radius 2 is 1.58 bits per heavy atom. The van der Waals surface area contributed by atoms with Gasteiger partial charge in [0.15, 0.2) is 0 Å². The summed E-state index contributed by atoms with van der Waals surface area (Å²) in [5.74, 6) is 0.951. The van der Waals surface area contributed by atoms with Gasteiger partial charge < -0.3 is 10.2 Å². The van der Waals surface area contributed by atoms with E-state index in [1.165, 1.54) is 55.6 Å². The SMILES string of the molecule is c1ccc(CN2CCc3c(ncnc3Nc3ccc(N4CCCCCC4)cc3)C2)cc1. The number of fused-ring (bicyclic) bond motifs is 1. The van der Waals surface area contributed by atoms with E-state index in [0.29, 0.717) is 0 Å². The third kappa shape index (κ3) is 4.88. The molecule has 0 aliphatic carbocycles. The Balaban J connectivity index is 1.26. The van der Waals surface area contributed by atoms with E-state index >= 15 is 0 Å². The lowest BCUT2D eigenvalue weighted by atomic mass is 10.0. The van der Waals surface area contributed by atoms with Gasteiger partial charge in [0.05, 0.1) is 5.69 Å². The summed E-state index contributed by atoms with van der Waals surface area (Å²) in [7, 11) is 0. The molecule has 1 saturated heterocycles. The van der Waals surface area contributed by atoms with Gasteiger partial charge in [-0.1, -0.05) is 43.2 Å². The molecule has 5 rings (SSSR count). The summed E-state index contributed by atoms with van der Waals surface area (Å²) in [6, 6.07) is 19.5. The Morgan fingerprint density at radius 3 is 2.35 bits per heavy atom. The van der Waals surface area contributed by atoms with Crippen molar-refractivity contribution in [1.82, 2.24) is 14.9 Å². The normalized spacial score (nSPS) is 17.1. The standard InChI is InChI=1S/C26H31N5/c1-2-7-16-31(15-6-1)23-12-10-22(11-13-23)29-26-24-14-17-30(19-25(24)27-20-28-26)18-21-8-4-3-5-9-21/h3-5,8-13,20H,1-2,6-7,14-19H2,(H,27,28,29). The molecule has 160 valence electrons. The zero-order chi connectivity index (χ0) is 20.9. The minimum absolute atomic E-state index is 0.870. The lowest BCUT2D eigenvalue weighted by Crippen LogP contribution is -2.31. The van der Waals surface area contributed by atoms with E-state index in [9.17, 15) is 0 Å². The van der Waals surface area contributed by atoms with Crippen molar-refractivity contribution < 1.29 is 0 Å². The number of hydrogen-bond donors (Lipinski definition) is 1. The Hall–Kier alpha value is -2.92. The van der Waals surface area contributed by atoms with Gasteiger partial charge in [0.1, 0.15) is 12.1 Å². The summed E-state index contributed by atoms with van der Waals surface area (Å²) >= 11 is 0. The molecular weight excluding hydrogens is 382 g/mol. The fraction of sp³-hybridized carbons (Fsp3) is 0.385. The van der Waals surface area contributed by atoms with Crippen LogP contribution in [0.5, 0.6) is 0 Å². The van der Waals surface area contributed by atoms with Crippen LogP contribution in [-0.2, 0) is 19.5 Å². The van der Waals surface area contributed by atoms with E-state index in [1.54, 1.807) is 6.33 Å². The molecule has 5 nitrogen and oxygen atoms in total. The molecule has 3 aromatic rings. The van der Waals surface area contributed by atoms with E-state index in [4.69, 9.17) is 0 Å². The number of hydrogen-bond acceptors (Lipinski definition) is 5. The maximum Gasteiger partial charge on any atom is 0.137 e. The molecule has 0 bridgehead atoms. The van der Waals surface area contributed by atoms with Gasteiger partial charge in [-0.15, -0.1) is 0 Å². The molecular formula is C26H31N5. The van der Waals surface area contributed by atoms with Gasteiger partial charge in [-0.05, 0) is 49.1 Å². The van der Waals surface area contributed by atoms with Crippen LogP contribution in [0.1, 0.15) is 42.5 Å². The van der Waals surface area contributed by atoms with E-state index < -0.39 is 0 Å². The average molecular weight is 414 g/mol. The molecule has 5 heteroatoms. The maximum atomic E-state index is 4.60. The summed E-state index contributed by atoms with van der Waals surface area (Å²) in [4.78, 5) is 14.1. The largest absolute Gasteiger partial charge is 0.372 e. The highest BCUT2D eigenvalue weighted by molar-refractivity contribution is 5.63. The van der Waals surface area contributed by atoms with Gasteiger partial charge in [-0.2, -0.15) is 0 Å². The van der Waals surface area contributed by atoms with E-state index in [0.717, 1.165) is 43.3 Å². The molecule has 0 radical (unpaired) electrons. The van der Waals surface area contributed by atoms with Gasteiger partial charge in [0.25, 0.3) is 0 Å². The van der Waals surface area contributed by atoms with Crippen molar-refractivity contribution >= 4 is 17.2 Å². The molecule has 0 saturated carbocycles. The van der Waals surface area contributed by atoms with Crippen LogP contribution in [0.4, 0.5) is 17.2 Å². The first-order chi connectivity index (χ1) is 15.3. The molecule has 1 fully saturated rings. The van der Waals surface area contributed by atoms with Crippen LogP contribution in [0.15, 0.2) is 60.9 Å². The lowest BCUT2D eigenvalue weighted by Gasteiger charge is -2.29. The fourth-order valence-electron chi connectivity index (χ4n) is 4.71. The number of anilines is 3. The zero-order valence-corrected chi connectivity index (χ0v) is 18.1. The maximum absolute atomic E-state index is 4.60. The molecule has 3 heterocycles. The van der Waals surface area contributed by atoms with Crippen molar-refractivity contribution in [3.8, 4) is 0 Å². The van der Waals surface area contributed by atoms with Crippen LogP contribution in [0.25, 0.3) is 0 Å². The minimum atomic E-state index is 0.870. The molecule has 1 N–H and O–H groups in total. The second-order valence-electron chi connectivity index (χ2n) is 8.67. The van der Waals surface area contributed by atoms with E-state index in [-0.39, 0.29) is 0 Å². The second kappa shape index (κ2) is 9.48. The Labute approximate surface area is 185 Å². The first-order valence-corrected chi connectivity index (χ1v) is 11.6. The van der Waals surface area contributed by atoms with Crippen molar-refractivity contribution in [2.24, 2.45) is 0 Å². The highest BCUT2D eigenvalue weighted by Gasteiger charge is 2.21. The van der Waals surface area contributed by atoms with E-state index in [1.807, 2.05) is 0 Å².